The average molecular weight is 293 g/mol. The molecule has 20 heavy (non-hydrogen) atoms. The number of aryl methyl sites for hydroxylation is 1. The molecular formula is C13H19N5OS. The van der Waals surface area contributed by atoms with Crippen LogP contribution in [0.1, 0.15) is 10.6 Å². The standard InChI is InChI=1S/C13H19N5OS/c1-10-16-17-13(20-10)15-9-11-4-5-14-12(8-11)19-7-6-18(2)3/h4-5,8H,6-7,9H2,1-3H3,(H,15,17). The summed E-state index contributed by atoms with van der Waals surface area (Å²) in [7, 11) is 4.03. The third-order valence-electron chi connectivity index (χ3n) is 2.56. The van der Waals surface area contributed by atoms with Gasteiger partial charge in [-0.15, -0.1) is 10.2 Å². The molecule has 0 amide bonds. The fourth-order valence-electron chi connectivity index (χ4n) is 1.52. The van der Waals surface area contributed by atoms with Gasteiger partial charge in [-0.2, -0.15) is 0 Å². The quantitative estimate of drug-likeness (QED) is 0.840. The minimum atomic E-state index is 0.631. The van der Waals surface area contributed by atoms with E-state index in [2.05, 4.69) is 25.4 Å². The van der Waals surface area contributed by atoms with E-state index in [1.54, 1.807) is 17.5 Å². The second-order valence-electron chi connectivity index (χ2n) is 4.63. The van der Waals surface area contributed by atoms with Crippen molar-refractivity contribution in [3.63, 3.8) is 0 Å². The summed E-state index contributed by atoms with van der Waals surface area (Å²) >= 11 is 1.54. The Morgan fingerprint density at radius 3 is 2.90 bits per heavy atom. The van der Waals surface area contributed by atoms with Gasteiger partial charge in [-0.3, -0.25) is 0 Å². The lowest BCUT2D eigenvalue weighted by Gasteiger charge is -2.11. The Labute approximate surface area is 122 Å². The van der Waals surface area contributed by atoms with Crippen molar-refractivity contribution in [1.29, 1.82) is 0 Å². The van der Waals surface area contributed by atoms with Crippen LogP contribution in [-0.2, 0) is 6.54 Å². The van der Waals surface area contributed by atoms with Gasteiger partial charge in [-0.1, -0.05) is 11.3 Å². The van der Waals surface area contributed by atoms with Crippen molar-refractivity contribution in [2.24, 2.45) is 0 Å². The van der Waals surface area contributed by atoms with Gasteiger partial charge in [0.15, 0.2) is 0 Å². The molecule has 2 aromatic rings. The van der Waals surface area contributed by atoms with Gasteiger partial charge >= 0.3 is 0 Å². The Balaban J connectivity index is 1.85. The summed E-state index contributed by atoms with van der Waals surface area (Å²) in [4.78, 5) is 6.27. The van der Waals surface area contributed by atoms with Gasteiger partial charge in [0, 0.05) is 25.4 Å². The zero-order valence-electron chi connectivity index (χ0n) is 12.0. The normalized spacial score (nSPS) is 10.8. The minimum absolute atomic E-state index is 0.631. The van der Waals surface area contributed by atoms with Crippen molar-refractivity contribution in [2.45, 2.75) is 13.5 Å². The van der Waals surface area contributed by atoms with Crippen LogP contribution >= 0.6 is 11.3 Å². The summed E-state index contributed by atoms with van der Waals surface area (Å²) in [6.45, 7) is 4.12. The maximum absolute atomic E-state index is 5.61. The zero-order valence-corrected chi connectivity index (χ0v) is 12.8. The van der Waals surface area contributed by atoms with Gasteiger partial charge in [-0.05, 0) is 32.6 Å². The van der Waals surface area contributed by atoms with Crippen molar-refractivity contribution >= 4 is 16.5 Å². The molecule has 7 heteroatoms. The molecule has 0 radical (unpaired) electrons. The van der Waals surface area contributed by atoms with Crippen LogP contribution in [0.4, 0.5) is 5.13 Å². The number of anilines is 1. The number of likely N-dealkylation sites (N-methyl/N-ethyl adjacent to an activating group) is 1. The Kier molecular flexibility index (Phi) is 5.25. The Morgan fingerprint density at radius 2 is 2.20 bits per heavy atom. The summed E-state index contributed by atoms with van der Waals surface area (Å²) in [5.74, 6) is 0.652. The van der Waals surface area contributed by atoms with E-state index in [0.717, 1.165) is 22.2 Å². The van der Waals surface area contributed by atoms with Crippen LogP contribution in [0.2, 0.25) is 0 Å². The lowest BCUT2D eigenvalue weighted by molar-refractivity contribution is 0.253. The molecule has 2 aromatic heterocycles. The summed E-state index contributed by atoms with van der Waals surface area (Å²) < 4.78 is 5.61. The van der Waals surface area contributed by atoms with Crippen molar-refractivity contribution in [1.82, 2.24) is 20.1 Å². The van der Waals surface area contributed by atoms with E-state index >= 15 is 0 Å². The van der Waals surface area contributed by atoms with E-state index in [9.17, 15) is 0 Å². The highest BCUT2D eigenvalue weighted by molar-refractivity contribution is 7.15. The molecule has 6 nitrogen and oxygen atoms in total. The van der Waals surface area contributed by atoms with Crippen LogP contribution < -0.4 is 10.1 Å². The molecule has 0 spiro atoms. The maximum atomic E-state index is 5.61. The van der Waals surface area contributed by atoms with Crippen molar-refractivity contribution < 1.29 is 4.74 Å². The van der Waals surface area contributed by atoms with Crippen LogP contribution in [0.3, 0.4) is 0 Å². The summed E-state index contributed by atoms with van der Waals surface area (Å²) in [5.41, 5.74) is 1.10. The summed E-state index contributed by atoms with van der Waals surface area (Å²) in [6, 6.07) is 3.90. The monoisotopic (exact) mass is 293 g/mol. The highest BCUT2D eigenvalue weighted by Gasteiger charge is 2.02. The first kappa shape index (κ1) is 14.7. The molecule has 0 aromatic carbocycles. The third kappa shape index (κ3) is 4.75. The van der Waals surface area contributed by atoms with E-state index in [-0.39, 0.29) is 0 Å². The molecule has 2 rings (SSSR count). The predicted octanol–water partition coefficient (Wildman–Crippen LogP) is 1.79. The SMILES string of the molecule is Cc1nnc(NCc2ccnc(OCCN(C)C)c2)s1. The molecule has 2 heterocycles. The number of aromatic nitrogens is 3. The first-order valence-electron chi connectivity index (χ1n) is 6.40. The highest BCUT2D eigenvalue weighted by atomic mass is 32.1. The lowest BCUT2D eigenvalue weighted by Crippen LogP contribution is -2.19. The Bertz CT molecular complexity index is 543. The van der Waals surface area contributed by atoms with Crippen molar-refractivity contribution in [2.75, 3.05) is 32.6 Å². The van der Waals surface area contributed by atoms with E-state index in [1.807, 2.05) is 33.2 Å². The first-order chi connectivity index (χ1) is 9.63. The number of rotatable bonds is 7. The molecule has 0 aliphatic heterocycles. The number of hydrogen-bond donors (Lipinski definition) is 1. The highest BCUT2D eigenvalue weighted by Crippen LogP contribution is 2.16. The molecule has 0 unspecified atom stereocenters. The second kappa shape index (κ2) is 7.16. The topological polar surface area (TPSA) is 63.2 Å². The van der Waals surface area contributed by atoms with E-state index < -0.39 is 0 Å². The second-order valence-corrected chi connectivity index (χ2v) is 5.82. The first-order valence-corrected chi connectivity index (χ1v) is 7.21. The van der Waals surface area contributed by atoms with E-state index in [4.69, 9.17) is 4.74 Å². The van der Waals surface area contributed by atoms with Crippen molar-refractivity contribution in [3.05, 3.63) is 28.9 Å². The van der Waals surface area contributed by atoms with Crippen molar-refractivity contribution in [3.8, 4) is 5.88 Å². The lowest BCUT2D eigenvalue weighted by atomic mass is 10.2. The summed E-state index contributed by atoms with van der Waals surface area (Å²) in [5, 5.41) is 13.0. The van der Waals surface area contributed by atoms with Gasteiger partial charge < -0.3 is 15.0 Å². The van der Waals surface area contributed by atoms with Gasteiger partial charge in [0.2, 0.25) is 11.0 Å². The van der Waals surface area contributed by atoms with Gasteiger partial charge in [0.05, 0.1) is 0 Å². The largest absolute Gasteiger partial charge is 0.476 e. The number of ether oxygens (including phenoxy) is 1. The summed E-state index contributed by atoms with van der Waals surface area (Å²) in [6.07, 6.45) is 1.76. The molecule has 0 atom stereocenters. The number of pyridine rings is 1. The predicted molar refractivity (Wildman–Crippen MR) is 80.3 cm³/mol. The minimum Gasteiger partial charge on any atom is -0.476 e. The van der Waals surface area contributed by atoms with Crippen LogP contribution in [0.15, 0.2) is 18.3 Å². The van der Waals surface area contributed by atoms with Crippen LogP contribution in [-0.4, -0.2) is 47.3 Å². The van der Waals surface area contributed by atoms with Crippen LogP contribution in [0.5, 0.6) is 5.88 Å². The molecule has 1 N–H and O–H groups in total. The van der Waals surface area contributed by atoms with E-state index in [1.165, 1.54) is 0 Å². The smallest absolute Gasteiger partial charge is 0.213 e. The molecule has 0 bridgehead atoms. The average Bonchev–Trinajstić information content (AvgIpc) is 2.82. The third-order valence-corrected chi connectivity index (χ3v) is 3.35. The fraction of sp³-hybridized carbons (Fsp3) is 0.462. The van der Waals surface area contributed by atoms with Gasteiger partial charge in [0.25, 0.3) is 0 Å². The zero-order chi connectivity index (χ0) is 14.4. The molecule has 0 saturated heterocycles. The Morgan fingerprint density at radius 1 is 1.35 bits per heavy atom. The van der Waals surface area contributed by atoms with Crippen LogP contribution in [0.25, 0.3) is 0 Å². The van der Waals surface area contributed by atoms with Gasteiger partial charge in [-0.25, -0.2) is 4.98 Å². The Hall–Kier alpha value is -1.73. The molecular weight excluding hydrogens is 274 g/mol. The molecule has 0 aliphatic carbocycles. The molecule has 0 saturated carbocycles. The fourth-order valence-corrected chi connectivity index (χ4v) is 2.11. The van der Waals surface area contributed by atoms with Crippen LogP contribution in [0, 0.1) is 6.92 Å². The number of nitrogens with zero attached hydrogens (tertiary/aromatic N) is 4. The molecule has 0 fully saturated rings. The van der Waals surface area contributed by atoms with E-state index in [0.29, 0.717) is 19.0 Å². The molecule has 0 aliphatic rings. The maximum Gasteiger partial charge on any atom is 0.213 e. The number of nitrogens with one attached hydrogen (secondary N) is 1. The number of hydrogen-bond acceptors (Lipinski definition) is 7. The van der Waals surface area contributed by atoms with Gasteiger partial charge in [0.1, 0.15) is 11.6 Å². The molecule has 108 valence electrons.